The maximum atomic E-state index is 12.1. The smallest absolute Gasteiger partial charge is 0.317 e. The van der Waals surface area contributed by atoms with E-state index in [0.717, 1.165) is 38.5 Å². The molecule has 0 aliphatic carbocycles. The first-order chi connectivity index (χ1) is 21.0. The van der Waals surface area contributed by atoms with Crippen LogP contribution in [0.5, 0.6) is 0 Å². The van der Waals surface area contributed by atoms with Crippen LogP contribution in [0.4, 0.5) is 0 Å². The number of nitrogens with one attached hydrogen (secondary N) is 2. The summed E-state index contributed by atoms with van der Waals surface area (Å²) < 4.78 is 26.9. The molecule has 0 saturated carbocycles. The average Bonchev–Trinajstić information content (AvgIpc) is 2.87. The summed E-state index contributed by atoms with van der Waals surface area (Å²) in [5, 5.41) is 27.2. The van der Waals surface area contributed by atoms with Gasteiger partial charge in [-0.2, -0.15) is 0 Å². The maximum absolute atomic E-state index is 12.1. The van der Waals surface area contributed by atoms with Crippen LogP contribution in [0.25, 0.3) is 0 Å². The maximum Gasteiger partial charge on any atom is 0.317 e. The molecule has 4 N–H and O–H groups in total. The van der Waals surface area contributed by atoms with Crippen molar-refractivity contribution in [1.82, 2.24) is 15.5 Å². The number of rotatable bonds is 11. The van der Waals surface area contributed by atoms with Crippen LogP contribution in [0.2, 0.25) is 0 Å². The fourth-order valence-corrected chi connectivity index (χ4v) is 9.46. The van der Waals surface area contributed by atoms with Crippen LogP contribution in [0.1, 0.15) is 121 Å². The molecule has 4 aliphatic heterocycles. The molecule has 0 atom stereocenters. The second-order valence-corrected chi connectivity index (χ2v) is 17.9. The van der Waals surface area contributed by atoms with Crippen molar-refractivity contribution in [3.63, 3.8) is 0 Å². The number of ether oxygens (including phenoxy) is 4. The number of hydrogen-bond acceptors (Lipinski definition) is 9. The summed E-state index contributed by atoms with van der Waals surface area (Å²) in [7, 11) is 0. The van der Waals surface area contributed by atoms with Gasteiger partial charge in [-0.1, -0.05) is 13.8 Å². The lowest BCUT2D eigenvalue weighted by atomic mass is 9.71. The van der Waals surface area contributed by atoms with Gasteiger partial charge in [0.25, 0.3) is 0 Å². The third kappa shape index (κ3) is 9.01. The third-order valence-electron chi connectivity index (χ3n) is 10.8. The van der Waals surface area contributed by atoms with Crippen LogP contribution in [0.3, 0.4) is 0 Å². The fraction of sp³-hybridized carbons (Fsp3) is 0.943. The zero-order chi connectivity index (χ0) is 34.5. The summed E-state index contributed by atoms with van der Waals surface area (Å²) in [5.41, 5.74) is -1.47. The Balaban J connectivity index is 1.58. The fourth-order valence-electron chi connectivity index (χ4n) is 9.46. The van der Waals surface area contributed by atoms with Crippen LogP contribution in [-0.2, 0) is 28.5 Å². The van der Waals surface area contributed by atoms with Crippen LogP contribution < -0.4 is 10.6 Å². The second-order valence-electron chi connectivity index (χ2n) is 17.9. The third-order valence-corrected chi connectivity index (χ3v) is 10.8. The summed E-state index contributed by atoms with van der Waals surface area (Å²) in [4.78, 5) is 25.8. The van der Waals surface area contributed by atoms with E-state index in [9.17, 15) is 19.8 Å². The van der Waals surface area contributed by atoms with Crippen molar-refractivity contribution >= 4 is 11.9 Å². The van der Waals surface area contributed by atoms with Gasteiger partial charge in [-0.05, 0) is 81.1 Å². The predicted molar refractivity (Wildman–Crippen MR) is 176 cm³/mol. The van der Waals surface area contributed by atoms with Crippen molar-refractivity contribution < 1.29 is 38.7 Å². The Kier molecular flexibility index (Phi) is 10.5. The molecule has 0 aromatic heterocycles. The van der Waals surface area contributed by atoms with Gasteiger partial charge < -0.3 is 39.8 Å². The molecule has 4 fully saturated rings. The van der Waals surface area contributed by atoms with E-state index >= 15 is 0 Å². The van der Waals surface area contributed by atoms with E-state index in [0.29, 0.717) is 39.3 Å². The van der Waals surface area contributed by atoms with Gasteiger partial charge in [0.15, 0.2) is 11.6 Å². The van der Waals surface area contributed by atoms with E-state index in [1.165, 1.54) is 0 Å². The number of nitrogens with zero attached hydrogens (tertiary/aromatic N) is 1. The normalized spacial score (nSPS) is 28.3. The lowest BCUT2D eigenvalue weighted by Crippen LogP contribution is -2.67. The first-order valence-corrected chi connectivity index (χ1v) is 17.3. The molecule has 0 amide bonds. The zero-order valence-corrected chi connectivity index (χ0v) is 30.3. The number of piperidine rings is 2. The van der Waals surface area contributed by atoms with E-state index in [1.54, 1.807) is 4.90 Å². The molecule has 11 heteroatoms. The molecule has 0 radical (unpaired) electrons. The Bertz CT molecular complexity index is 983. The van der Waals surface area contributed by atoms with E-state index in [1.807, 2.05) is 0 Å². The minimum absolute atomic E-state index is 0.166. The molecular weight excluding hydrogens is 590 g/mol. The van der Waals surface area contributed by atoms with Gasteiger partial charge in [-0.15, -0.1) is 0 Å². The predicted octanol–water partition coefficient (Wildman–Crippen LogP) is 4.77. The minimum atomic E-state index is -1.05. The Morgan fingerprint density at radius 3 is 1.13 bits per heavy atom. The highest BCUT2D eigenvalue weighted by Gasteiger charge is 2.56. The zero-order valence-electron chi connectivity index (χ0n) is 30.3. The van der Waals surface area contributed by atoms with Gasteiger partial charge in [-0.25, -0.2) is 0 Å². The van der Waals surface area contributed by atoms with Crippen molar-refractivity contribution in [2.75, 3.05) is 39.5 Å². The number of carbonyl (C=O) groups is 2. The first kappa shape index (κ1) is 37.5. The van der Waals surface area contributed by atoms with Crippen molar-refractivity contribution in [3.8, 4) is 0 Å². The molecule has 46 heavy (non-hydrogen) atoms. The van der Waals surface area contributed by atoms with E-state index < -0.39 is 34.3 Å². The Morgan fingerprint density at radius 2 is 0.891 bits per heavy atom. The van der Waals surface area contributed by atoms with Gasteiger partial charge in [0.05, 0.1) is 39.5 Å². The van der Waals surface area contributed by atoms with Crippen LogP contribution in [0, 0.1) is 10.8 Å². The highest BCUT2D eigenvalue weighted by molar-refractivity contribution is 5.72. The van der Waals surface area contributed by atoms with Crippen molar-refractivity contribution in [3.05, 3.63) is 0 Å². The van der Waals surface area contributed by atoms with Gasteiger partial charge in [-0.3, -0.25) is 14.5 Å². The quantitative estimate of drug-likeness (QED) is 0.245. The van der Waals surface area contributed by atoms with Crippen molar-refractivity contribution in [1.29, 1.82) is 0 Å². The van der Waals surface area contributed by atoms with Crippen LogP contribution >= 0.6 is 0 Å². The SMILES string of the molecule is CCC1(CC(CC2(CC)COC3(CC(C)(C)NC(C)(C)C3)OC2)N(CC(=O)O)CC(=O)O)COC2(CC(C)(C)NC(C)(C)C2)OC1. The lowest BCUT2D eigenvalue weighted by Gasteiger charge is -2.57. The molecule has 11 nitrogen and oxygen atoms in total. The molecule has 0 bridgehead atoms. The molecular formula is C35H63N3O8. The van der Waals surface area contributed by atoms with Crippen LogP contribution in [0.15, 0.2) is 0 Å². The summed E-state index contributed by atoms with van der Waals surface area (Å²) in [6.07, 6.45) is 5.47. The monoisotopic (exact) mass is 653 g/mol. The van der Waals surface area contributed by atoms with Gasteiger partial charge >= 0.3 is 11.9 Å². The molecule has 0 unspecified atom stereocenters. The standard InChI is InChI=1S/C35H63N3O8/c1-11-32(21-43-34(44-22-32)17-28(3,4)36-29(5,6)18-34)13-25(38(15-26(39)40)16-27(41)42)14-33(12-2)23-45-35(46-24-33)19-30(7,8)37-31(9,10)20-35/h25,36-37H,11-24H2,1-10H3,(H,39,40)(H,41,42). The van der Waals surface area contributed by atoms with Crippen molar-refractivity contribution in [2.45, 2.75) is 160 Å². The second kappa shape index (κ2) is 12.8. The number of hydrogen-bond donors (Lipinski definition) is 4. The number of carboxylic acid groups (broad SMARTS) is 2. The minimum Gasteiger partial charge on any atom is -0.480 e. The highest BCUT2D eigenvalue weighted by atomic mass is 16.7. The molecule has 4 rings (SSSR count). The Hall–Kier alpha value is -1.34. The molecule has 0 aromatic carbocycles. The number of carboxylic acids is 2. The topological polar surface area (TPSA) is 139 Å². The summed E-state index contributed by atoms with van der Waals surface area (Å²) in [5.74, 6) is -3.50. The molecule has 4 heterocycles. The summed E-state index contributed by atoms with van der Waals surface area (Å²) in [6, 6.07) is -0.364. The molecule has 4 aliphatic rings. The van der Waals surface area contributed by atoms with E-state index in [4.69, 9.17) is 18.9 Å². The number of aliphatic carboxylic acids is 2. The molecule has 0 aromatic rings. The van der Waals surface area contributed by atoms with Gasteiger partial charge in [0.1, 0.15) is 0 Å². The van der Waals surface area contributed by atoms with Gasteiger partial charge in [0, 0.05) is 64.7 Å². The van der Waals surface area contributed by atoms with Crippen molar-refractivity contribution in [2.24, 2.45) is 10.8 Å². The summed E-state index contributed by atoms with van der Waals surface area (Å²) in [6.45, 7) is 22.7. The van der Waals surface area contributed by atoms with E-state index in [2.05, 4.69) is 79.9 Å². The molecule has 4 saturated heterocycles. The largest absolute Gasteiger partial charge is 0.480 e. The van der Waals surface area contributed by atoms with E-state index in [-0.39, 0.29) is 41.3 Å². The highest BCUT2D eigenvalue weighted by Crippen LogP contribution is 2.49. The average molecular weight is 654 g/mol. The van der Waals surface area contributed by atoms with Gasteiger partial charge in [0.2, 0.25) is 0 Å². The van der Waals surface area contributed by atoms with Crippen LogP contribution in [-0.4, -0.2) is 106 Å². The summed E-state index contributed by atoms with van der Waals surface area (Å²) >= 11 is 0. The molecule has 266 valence electrons. The Labute approximate surface area is 276 Å². The first-order valence-electron chi connectivity index (χ1n) is 17.3. The lowest BCUT2D eigenvalue weighted by molar-refractivity contribution is -0.335. The Morgan fingerprint density at radius 1 is 0.609 bits per heavy atom. The molecule has 2 spiro atoms.